The van der Waals surface area contributed by atoms with Crippen molar-refractivity contribution >= 4 is 41.5 Å². The standard InChI is InChI=1S/C16H18ClN5O2.ClH/c17-13-8-10(3-4-12(13)15(18)23)20-16(24)14-5-7-22(21-14)11-2-1-6-19-9-11;/h3-5,7-8,11,19H,1-2,6,9H2,(H2,18,23)(H,20,24);1H. The molecule has 0 aliphatic carbocycles. The molecule has 4 N–H and O–H groups in total. The zero-order valence-electron chi connectivity index (χ0n) is 13.4. The summed E-state index contributed by atoms with van der Waals surface area (Å²) in [4.78, 5) is 23.5. The predicted molar refractivity (Wildman–Crippen MR) is 98.5 cm³/mol. The first-order chi connectivity index (χ1) is 11.5. The Morgan fingerprint density at radius 2 is 2.16 bits per heavy atom. The van der Waals surface area contributed by atoms with E-state index >= 15 is 0 Å². The molecule has 25 heavy (non-hydrogen) atoms. The highest BCUT2D eigenvalue weighted by molar-refractivity contribution is 6.34. The molecule has 1 atom stereocenters. The number of nitrogens with zero attached hydrogens (tertiary/aromatic N) is 2. The first kappa shape index (κ1) is 19.2. The molecule has 1 saturated heterocycles. The average molecular weight is 384 g/mol. The van der Waals surface area contributed by atoms with Crippen LogP contribution in [0, 0.1) is 0 Å². The van der Waals surface area contributed by atoms with Gasteiger partial charge >= 0.3 is 0 Å². The number of carbonyl (C=O) groups is 2. The van der Waals surface area contributed by atoms with Gasteiger partial charge in [0, 0.05) is 18.4 Å². The van der Waals surface area contributed by atoms with E-state index in [1.165, 1.54) is 12.1 Å². The number of primary amides is 1. The van der Waals surface area contributed by atoms with E-state index in [2.05, 4.69) is 15.7 Å². The minimum Gasteiger partial charge on any atom is -0.366 e. The fourth-order valence-electron chi connectivity index (χ4n) is 2.71. The molecule has 1 aromatic heterocycles. The van der Waals surface area contributed by atoms with Crippen LogP contribution in [-0.2, 0) is 0 Å². The molecule has 1 aliphatic heterocycles. The zero-order valence-corrected chi connectivity index (χ0v) is 14.9. The first-order valence-corrected chi connectivity index (χ1v) is 8.09. The molecule has 9 heteroatoms. The van der Waals surface area contributed by atoms with E-state index in [0.29, 0.717) is 11.4 Å². The van der Waals surface area contributed by atoms with Crippen molar-refractivity contribution in [3.63, 3.8) is 0 Å². The van der Waals surface area contributed by atoms with Crippen LogP contribution in [-0.4, -0.2) is 34.7 Å². The smallest absolute Gasteiger partial charge is 0.276 e. The summed E-state index contributed by atoms with van der Waals surface area (Å²) >= 11 is 5.98. The molecule has 134 valence electrons. The number of piperidine rings is 1. The quantitative estimate of drug-likeness (QED) is 0.752. The molecule has 7 nitrogen and oxygen atoms in total. The van der Waals surface area contributed by atoms with Gasteiger partial charge in [-0.15, -0.1) is 12.4 Å². The minimum atomic E-state index is -0.613. The maximum atomic E-state index is 12.3. The number of halogens is 2. The molecular weight excluding hydrogens is 365 g/mol. The van der Waals surface area contributed by atoms with Gasteiger partial charge in [0.15, 0.2) is 5.69 Å². The van der Waals surface area contributed by atoms with Crippen molar-refractivity contribution in [3.05, 3.63) is 46.7 Å². The lowest BCUT2D eigenvalue weighted by atomic mass is 10.1. The van der Waals surface area contributed by atoms with Crippen LogP contribution < -0.4 is 16.4 Å². The Morgan fingerprint density at radius 1 is 1.36 bits per heavy atom. The molecule has 1 aromatic carbocycles. The van der Waals surface area contributed by atoms with Crippen LogP contribution in [0.1, 0.15) is 39.7 Å². The number of benzene rings is 1. The van der Waals surface area contributed by atoms with E-state index in [1.807, 2.05) is 10.9 Å². The van der Waals surface area contributed by atoms with Crippen molar-refractivity contribution in [1.82, 2.24) is 15.1 Å². The van der Waals surface area contributed by atoms with E-state index in [4.69, 9.17) is 17.3 Å². The highest BCUT2D eigenvalue weighted by Crippen LogP contribution is 2.21. The van der Waals surface area contributed by atoms with Crippen LogP contribution in [0.5, 0.6) is 0 Å². The fraction of sp³-hybridized carbons (Fsp3) is 0.312. The average Bonchev–Trinajstić information content (AvgIpc) is 3.05. The van der Waals surface area contributed by atoms with Gasteiger partial charge in [-0.25, -0.2) is 0 Å². The van der Waals surface area contributed by atoms with E-state index in [1.54, 1.807) is 12.1 Å². The van der Waals surface area contributed by atoms with Crippen molar-refractivity contribution in [1.29, 1.82) is 0 Å². The monoisotopic (exact) mass is 383 g/mol. The third-order valence-electron chi connectivity index (χ3n) is 3.98. The molecule has 2 aromatic rings. The van der Waals surface area contributed by atoms with E-state index < -0.39 is 5.91 Å². The summed E-state index contributed by atoms with van der Waals surface area (Å²) in [6.45, 7) is 1.88. The molecule has 0 radical (unpaired) electrons. The summed E-state index contributed by atoms with van der Waals surface area (Å²) in [5.74, 6) is -0.946. The largest absolute Gasteiger partial charge is 0.366 e. The number of hydrogen-bond donors (Lipinski definition) is 3. The first-order valence-electron chi connectivity index (χ1n) is 7.71. The SMILES string of the molecule is Cl.NC(=O)c1ccc(NC(=O)c2ccn(C3CCCNC3)n2)cc1Cl. The molecular formula is C16H19Cl2N5O2. The number of anilines is 1. The van der Waals surface area contributed by atoms with Gasteiger partial charge in [-0.3, -0.25) is 14.3 Å². The molecule has 1 unspecified atom stereocenters. The Labute approximate surface area is 156 Å². The van der Waals surface area contributed by atoms with Gasteiger partial charge in [0.05, 0.1) is 16.6 Å². The predicted octanol–water partition coefficient (Wildman–Crippen LogP) is 2.23. The molecule has 1 aliphatic rings. The number of amides is 2. The summed E-state index contributed by atoms with van der Waals surface area (Å²) in [5.41, 5.74) is 6.22. The Balaban J connectivity index is 0.00000225. The molecule has 0 saturated carbocycles. The Bertz CT molecular complexity index is 772. The number of rotatable bonds is 4. The van der Waals surface area contributed by atoms with Crippen molar-refractivity contribution < 1.29 is 9.59 Å². The van der Waals surface area contributed by atoms with Crippen molar-refractivity contribution in [2.75, 3.05) is 18.4 Å². The third-order valence-corrected chi connectivity index (χ3v) is 4.29. The molecule has 2 heterocycles. The second kappa shape index (κ2) is 8.33. The highest BCUT2D eigenvalue weighted by atomic mass is 35.5. The zero-order chi connectivity index (χ0) is 17.1. The van der Waals surface area contributed by atoms with E-state index in [9.17, 15) is 9.59 Å². The van der Waals surface area contributed by atoms with Gasteiger partial charge < -0.3 is 16.4 Å². The van der Waals surface area contributed by atoms with Crippen molar-refractivity contribution in [2.45, 2.75) is 18.9 Å². The lowest BCUT2D eigenvalue weighted by molar-refractivity contribution is 0.0997. The Morgan fingerprint density at radius 3 is 2.80 bits per heavy atom. The second-order valence-corrected chi connectivity index (χ2v) is 6.10. The minimum absolute atomic E-state index is 0. The van der Waals surface area contributed by atoms with Gasteiger partial charge in [0.25, 0.3) is 5.91 Å². The topological polar surface area (TPSA) is 102 Å². The summed E-state index contributed by atoms with van der Waals surface area (Å²) in [6, 6.07) is 6.49. The van der Waals surface area contributed by atoms with Gasteiger partial charge in [-0.05, 0) is 43.7 Å². The third kappa shape index (κ3) is 4.50. The summed E-state index contributed by atoms with van der Waals surface area (Å²) < 4.78 is 1.82. The molecule has 2 amide bonds. The van der Waals surface area contributed by atoms with Crippen LogP contribution in [0.2, 0.25) is 5.02 Å². The summed E-state index contributed by atoms with van der Waals surface area (Å²) in [7, 11) is 0. The number of carbonyl (C=O) groups excluding carboxylic acids is 2. The van der Waals surface area contributed by atoms with Crippen LogP contribution in [0.15, 0.2) is 30.5 Å². The normalized spacial score (nSPS) is 16.8. The van der Waals surface area contributed by atoms with Crippen LogP contribution in [0.3, 0.4) is 0 Å². The van der Waals surface area contributed by atoms with E-state index in [-0.39, 0.29) is 34.9 Å². The second-order valence-electron chi connectivity index (χ2n) is 5.69. The highest BCUT2D eigenvalue weighted by Gasteiger charge is 2.18. The maximum Gasteiger partial charge on any atom is 0.276 e. The Kier molecular flexibility index (Phi) is 6.41. The van der Waals surface area contributed by atoms with Crippen LogP contribution in [0.25, 0.3) is 0 Å². The lowest BCUT2D eigenvalue weighted by Gasteiger charge is -2.22. The molecule has 0 spiro atoms. The number of hydrogen-bond acceptors (Lipinski definition) is 4. The number of aromatic nitrogens is 2. The van der Waals surface area contributed by atoms with Gasteiger partial charge in [-0.1, -0.05) is 11.6 Å². The van der Waals surface area contributed by atoms with Crippen molar-refractivity contribution in [2.24, 2.45) is 5.73 Å². The van der Waals surface area contributed by atoms with Gasteiger partial charge in [0.2, 0.25) is 5.91 Å². The van der Waals surface area contributed by atoms with Gasteiger partial charge in [-0.2, -0.15) is 5.10 Å². The lowest BCUT2D eigenvalue weighted by Crippen LogP contribution is -2.32. The maximum absolute atomic E-state index is 12.3. The van der Waals surface area contributed by atoms with Crippen molar-refractivity contribution in [3.8, 4) is 0 Å². The number of nitrogens with two attached hydrogens (primary N) is 1. The summed E-state index contributed by atoms with van der Waals surface area (Å²) in [6.07, 6.45) is 3.95. The molecule has 0 bridgehead atoms. The summed E-state index contributed by atoms with van der Waals surface area (Å²) in [5, 5.41) is 10.6. The Hall–Kier alpha value is -2.09. The van der Waals surface area contributed by atoms with Gasteiger partial charge in [0.1, 0.15) is 0 Å². The van der Waals surface area contributed by atoms with E-state index in [0.717, 1.165) is 25.9 Å². The van der Waals surface area contributed by atoms with Crippen LogP contribution in [0.4, 0.5) is 5.69 Å². The number of nitrogens with one attached hydrogen (secondary N) is 2. The van der Waals surface area contributed by atoms with Crippen LogP contribution >= 0.6 is 24.0 Å². The molecule has 1 fully saturated rings. The molecule has 3 rings (SSSR count). The fourth-order valence-corrected chi connectivity index (χ4v) is 2.98.